The number of aryl methyl sites for hydroxylation is 1. The Morgan fingerprint density at radius 1 is 1.10 bits per heavy atom. The van der Waals surface area contributed by atoms with Gasteiger partial charge in [-0.15, -0.1) is 0 Å². The first-order valence-electron chi connectivity index (χ1n) is 6.53. The van der Waals surface area contributed by atoms with E-state index in [-0.39, 0.29) is 11.3 Å². The van der Waals surface area contributed by atoms with Crippen molar-refractivity contribution in [2.75, 3.05) is 0 Å². The lowest BCUT2D eigenvalue weighted by atomic mass is 10.1. The molecule has 1 heterocycles. The highest BCUT2D eigenvalue weighted by atomic mass is 16.3. The minimum absolute atomic E-state index is 0.0588. The first-order chi connectivity index (χ1) is 10.2. The Labute approximate surface area is 122 Å². The number of aromatic nitrogens is 2. The number of fused-ring (bicyclic) bond motifs is 1. The van der Waals surface area contributed by atoms with Gasteiger partial charge in [-0.2, -0.15) is 5.26 Å². The Balaban J connectivity index is 2.24. The maximum Gasteiger partial charge on any atom is 0.155 e. The van der Waals surface area contributed by atoms with E-state index in [0.29, 0.717) is 11.4 Å². The van der Waals surface area contributed by atoms with Crippen molar-refractivity contribution in [2.24, 2.45) is 7.05 Å². The molecule has 0 saturated carbocycles. The summed E-state index contributed by atoms with van der Waals surface area (Å²) in [7, 11) is 1.83. The van der Waals surface area contributed by atoms with E-state index in [9.17, 15) is 10.4 Å². The lowest BCUT2D eigenvalue weighted by Gasteiger charge is -2.05. The number of rotatable bonds is 2. The molecule has 0 aliphatic heterocycles. The predicted molar refractivity (Wildman–Crippen MR) is 82.2 cm³/mol. The van der Waals surface area contributed by atoms with Gasteiger partial charge in [0.2, 0.25) is 0 Å². The summed E-state index contributed by atoms with van der Waals surface area (Å²) in [5.74, 6) is 0.400. The van der Waals surface area contributed by atoms with E-state index in [4.69, 9.17) is 0 Å². The van der Waals surface area contributed by atoms with Crippen LogP contribution < -0.4 is 0 Å². The highest BCUT2D eigenvalue weighted by Crippen LogP contribution is 2.25. The molecule has 0 fully saturated rings. The van der Waals surface area contributed by atoms with Gasteiger partial charge in [-0.1, -0.05) is 42.5 Å². The number of hydrogen-bond acceptors (Lipinski definition) is 3. The van der Waals surface area contributed by atoms with Crippen LogP contribution in [0.3, 0.4) is 0 Å². The second-order valence-corrected chi connectivity index (χ2v) is 4.68. The fourth-order valence-corrected chi connectivity index (χ4v) is 2.32. The minimum atomic E-state index is -0.0588. The average Bonchev–Trinajstić information content (AvgIpc) is 2.86. The van der Waals surface area contributed by atoms with Crippen LogP contribution in [0.2, 0.25) is 0 Å². The van der Waals surface area contributed by atoms with Gasteiger partial charge in [0.05, 0.1) is 11.0 Å². The number of benzene rings is 2. The van der Waals surface area contributed by atoms with Crippen LogP contribution in [0.15, 0.2) is 54.6 Å². The zero-order chi connectivity index (χ0) is 14.8. The summed E-state index contributed by atoms with van der Waals surface area (Å²) >= 11 is 0. The van der Waals surface area contributed by atoms with Crippen molar-refractivity contribution < 1.29 is 5.11 Å². The Kier molecular flexibility index (Phi) is 3.17. The van der Waals surface area contributed by atoms with Gasteiger partial charge in [0, 0.05) is 12.6 Å². The third-order valence-electron chi connectivity index (χ3n) is 3.41. The molecule has 0 radical (unpaired) electrons. The van der Waals surface area contributed by atoms with E-state index in [1.807, 2.05) is 54.1 Å². The van der Waals surface area contributed by atoms with Gasteiger partial charge in [0.1, 0.15) is 17.4 Å². The number of aliphatic hydroxyl groups is 1. The molecule has 102 valence electrons. The van der Waals surface area contributed by atoms with Crippen LogP contribution in [0.4, 0.5) is 0 Å². The zero-order valence-corrected chi connectivity index (χ0v) is 11.5. The molecule has 0 amide bonds. The number of aliphatic hydroxyl groups excluding tert-OH is 1. The molecule has 0 aliphatic carbocycles. The van der Waals surface area contributed by atoms with Crippen LogP contribution in [0.5, 0.6) is 0 Å². The van der Waals surface area contributed by atoms with E-state index >= 15 is 0 Å². The summed E-state index contributed by atoms with van der Waals surface area (Å²) in [5, 5.41) is 19.8. The molecule has 0 spiro atoms. The van der Waals surface area contributed by atoms with Crippen molar-refractivity contribution in [3.05, 3.63) is 66.0 Å². The second kappa shape index (κ2) is 5.14. The van der Waals surface area contributed by atoms with Gasteiger partial charge in [0.15, 0.2) is 5.82 Å². The molecule has 4 nitrogen and oxygen atoms in total. The number of nitrogens with zero attached hydrogens (tertiary/aromatic N) is 3. The van der Waals surface area contributed by atoms with Gasteiger partial charge in [-0.25, -0.2) is 4.98 Å². The minimum Gasteiger partial charge on any atom is -0.506 e. The molecule has 2 aromatic carbocycles. The van der Waals surface area contributed by atoms with Crippen molar-refractivity contribution in [2.45, 2.75) is 0 Å². The van der Waals surface area contributed by atoms with Gasteiger partial charge >= 0.3 is 0 Å². The average molecular weight is 275 g/mol. The Morgan fingerprint density at radius 2 is 1.76 bits per heavy atom. The third kappa shape index (κ3) is 2.15. The van der Waals surface area contributed by atoms with Crippen molar-refractivity contribution in [1.82, 2.24) is 9.55 Å². The third-order valence-corrected chi connectivity index (χ3v) is 3.41. The van der Waals surface area contributed by atoms with Gasteiger partial charge in [-0.05, 0) is 12.1 Å². The Bertz CT molecular complexity index is 870. The highest BCUT2D eigenvalue weighted by molar-refractivity contribution is 5.94. The van der Waals surface area contributed by atoms with Crippen molar-refractivity contribution >= 4 is 22.4 Å². The smallest absolute Gasteiger partial charge is 0.155 e. The molecular formula is C17H13N3O. The maximum absolute atomic E-state index is 10.4. The van der Waals surface area contributed by atoms with Crippen LogP contribution in [-0.2, 0) is 7.05 Å². The molecule has 1 aromatic heterocycles. The predicted octanol–water partition coefficient (Wildman–Crippen LogP) is 3.52. The van der Waals surface area contributed by atoms with Crippen molar-refractivity contribution in [3.63, 3.8) is 0 Å². The van der Waals surface area contributed by atoms with Crippen LogP contribution in [0.1, 0.15) is 11.4 Å². The molecule has 3 rings (SSSR count). The topological polar surface area (TPSA) is 61.8 Å². The second-order valence-electron chi connectivity index (χ2n) is 4.68. The Hall–Kier alpha value is -3.06. The number of para-hydroxylation sites is 2. The van der Waals surface area contributed by atoms with E-state index in [2.05, 4.69) is 11.1 Å². The maximum atomic E-state index is 10.4. The molecule has 0 bridgehead atoms. The molecule has 0 unspecified atom stereocenters. The summed E-state index contributed by atoms with van der Waals surface area (Å²) in [6, 6.07) is 18.7. The van der Waals surface area contributed by atoms with Crippen molar-refractivity contribution in [3.8, 4) is 6.07 Å². The number of hydrogen-bond donors (Lipinski definition) is 1. The lowest BCUT2D eigenvalue weighted by molar-refractivity contribution is 0.513. The van der Waals surface area contributed by atoms with Crippen LogP contribution in [0.25, 0.3) is 22.4 Å². The van der Waals surface area contributed by atoms with E-state index in [1.165, 1.54) is 0 Å². The van der Waals surface area contributed by atoms with Gasteiger partial charge in [0.25, 0.3) is 0 Å². The normalized spacial score (nSPS) is 12.0. The van der Waals surface area contributed by atoms with Crippen LogP contribution in [0, 0.1) is 11.3 Å². The first kappa shape index (κ1) is 12.9. The fraction of sp³-hybridized carbons (Fsp3) is 0.0588. The Morgan fingerprint density at radius 3 is 2.43 bits per heavy atom. The lowest BCUT2D eigenvalue weighted by Crippen LogP contribution is -1.99. The quantitative estimate of drug-likeness (QED) is 0.575. The van der Waals surface area contributed by atoms with Gasteiger partial charge in [-0.3, -0.25) is 0 Å². The van der Waals surface area contributed by atoms with Gasteiger partial charge < -0.3 is 9.67 Å². The highest BCUT2D eigenvalue weighted by Gasteiger charge is 2.17. The summed E-state index contributed by atoms with van der Waals surface area (Å²) < 4.78 is 1.81. The first-order valence-corrected chi connectivity index (χ1v) is 6.53. The monoisotopic (exact) mass is 275 g/mol. The molecule has 0 aliphatic rings. The molecule has 0 atom stereocenters. The molecule has 0 saturated heterocycles. The SMILES string of the molecule is Cn1c(C(C#N)=C(O)c2ccccc2)nc2ccccc21. The molecule has 3 aromatic rings. The van der Waals surface area contributed by atoms with Crippen LogP contribution >= 0.6 is 0 Å². The zero-order valence-electron chi connectivity index (χ0n) is 11.5. The summed E-state index contributed by atoms with van der Waals surface area (Å²) in [5.41, 5.74) is 2.48. The van der Waals surface area contributed by atoms with E-state index in [0.717, 1.165) is 11.0 Å². The summed E-state index contributed by atoms with van der Waals surface area (Å²) in [6.45, 7) is 0. The number of imidazole rings is 1. The summed E-state index contributed by atoms with van der Waals surface area (Å²) in [6.07, 6.45) is 0. The molecule has 4 heteroatoms. The largest absolute Gasteiger partial charge is 0.506 e. The molecular weight excluding hydrogens is 262 g/mol. The standard InChI is InChI=1S/C17H13N3O/c1-20-15-10-6-5-9-14(15)19-17(20)13(11-18)16(21)12-7-3-2-4-8-12/h2-10,21H,1H3. The van der Waals surface area contributed by atoms with Crippen molar-refractivity contribution in [1.29, 1.82) is 5.26 Å². The molecule has 21 heavy (non-hydrogen) atoms. The number of allylic oxidation sites excluding steroid dienone is 1. The number of nitriles is 1. The van der Waals surface area contributed by atoms with E-state index < -0.39 is 0 Å². The van der Waals surface area contributed by atoms with E-state index in [1.54, 1.807) is 12.1 Å². The van der Waals surface area contributed by atoms with Crippen LogP contribution in [-0.4, -0.2) is 14.7 Å². The summed E-state index contributed by atoms with van der Waals surface area (Å²) in [4.78, 5) is 4.45. The molecule has 1 N–H and O–H groups in total. The fourth-order valence-electron chi connectivity index (χ4n) is 2.32.